The van der Waals surface area contributed by atoms with E-state index in [0.29, 0.717) is 31.3 Å². The third-order valence-electron chi connectivity index (χ3n) is 3.38. The summed E-state index contributed by atoms with van der Waals surface area (Å²) >= 11 is 0. The van der Waals surface area contributed by atoms with Crippen molar-refractivity contribution in [2.75, 3.05) is 19.7 Å². The van der Waals surface area contributed by atoms with Gasteiger partial charge in [0.15, 0.2) is 5.82 Å². The lowest BCUT2D eigenvalue weighted by Crippen LogP contribution is -2.50. The molecule has 8 nitrogen and oxygen atoms in total. The lowest BCUT2D eigenvalue weighted by molar-refractivity contribution is 0.00958. The minimum atomic E-state index is -3.59. The second kappa shape index (κ2) is 6.39. The molecule has 1 saturated heterocycles. The molecule has 0 aromatic carbocycles. The van der Waals surface area contributed by atoms with Gasteiger partial charge >= 0.3 is 0 Å². The van der Waals surface area contributed by atoms with E-state index >= 15 is 0 Å². The summed E-state index contributed by atoms with van der Waals surface area (Å²) in [5.74, 6) is 1.16. The van der Waals surface area contributed by atoms with Crippen molar-refractivity contribution in [2.45, 2.75) is 39.8 Å². The minimum Gasteiger partial charge on any atom is -0.376 e. The van der Waals surface area contributed by atoms with Gasteiger partial charge in [0.2, 0.25) is 0 Å². The van der Waals surface area contributed by atoms with Gasteiger partial charge < -0.3 is 4.74 Å². The van der Waals surface area contributed by atoms with Gasteiger partial charge in [-0.3, -0.25) is 5.10 Å². The number of hydrogen-bond acceptors (Lipinski definition) is 5. The Morgan fingerprint density at radius 1 is 1.48 bits per heavy atom. The van der Waals surface area contributed by atoms with Gasteiger partial charge in [0, 0.05) is 13.1 Å². The molecular weight excluding hydrogens is 294 g/mol. The number of rotatable bonds is 5. The Morgan fingerprint density at radius 2 is 2.19 bits per heavy atom. The average Bonchev–Trinajstić information content (AvgIpc) is 2.82. The SMILES string of the molecule is Cc1nc([C@H](NS(=O)(=O)N2CCO[C@H](C)C2)C(C)C)n[nH]1. The highest BCUT2D eigenvalue weighted by molar-refractivity contribution is 7.87. The highest BCUT2D eigenvalue weighted by Crippen LogP contribution is 2.21. The number of nitrogens with one attached hydrogen (secondary N) is 2. The second-order valence-electron chi connectivity index (χ2n) is 5.66. The van der Waals surface area contributed by atoms with Crippen LogP contribution in [0.5, 0.6) is 0 Å². The van der Waals surface area contributed by atoms with E-state index in [-0.39, 0.29) is 12.0 Å². The topological polar surface area (TPSA) is 100 Å². The number of H-pyrrole nitrogens is 1. The van der Waals surface area contributed by atoms with Gasteiger partial charge in [0.25, 0.3) is 10.2 Å². The van der Waals surface area contributed by atoms with Crippen molar-refractivity contribution in [3.63, 3.8) is 0 Å². The smallest absolute Gasteiger partial charge is 0.280 e. The third kappa shape index (κ3) is 4.00. The summed E-state index contributed by atoms with van der Waals surface area (Å²) in [6, 6.07) is -0.460. The molecule has 0 saturated carbocycles. The molecule has 2 rings (SSSR count). The van der Waals surface area contributed by atoms with Gasteiger partial charge in [-0.05, 0) is 19.8 Å². The Hall–Kier alpha value is -1.03. The quantitative estimate of drug-likeness (QED) is 0.817. The molecule has 1 fully saturated rings. The summed E-state index contributed by atoms with van der Waals surface area (Å²) in [4.78, 5) is 4.24. The molecule has 2 heterocycles. The van der Waals surface area contributed by atoms with Crippen LogP contribution in [0.3, 0.4) is 0 Å². The van der Waals surface area contributed by atoms with E-state index in [2.05, 4.69) is 19.9 Å². The Labute approximate surface area is 125 Å². The number of morpholine rings is 1. The zero-order valence-corrected chi connectivity index (χ0v) is 13.6. The Morgan fingerprint density at radius 3 is 2.71 bits per heavy atom. The summed E-state index contributed by atoms with van der Waals surface area (Å²) < 4.78 is 34.5. The van der Waals surface area contributed by atoms with Crippen molar-refractivity contribution < 1.29 is 13.2 Å². The van der Waals surface area contributed by atoms with Gasteiger partial charge in [-0.15, -0.1) is 0 Å². The molecule has 0 amide bonds. The monoisotopic (exact) mass is 317 g/mol. The van der Waals surface area contributed by atoms with E-state index in [0.717, 1.165) is 0 Å². The van der Waals surface area contributed by atoms with Crippen molar-refractivity contribution in [3.8, 4) is 0 Å². The Kier molecular flexibility index (Phi) is 4.97. The molecule has 21 heavy (non-hydrogen) atoms. The fourth-order valence-corrected chi connectivity index (χ4v) is 3.79. The van der Waals surface area contributed by atoms with E-state index in [1.165, 1.54) is 4.31 Å². The number of aryl methyl sites for hydroxylation is 1. The lowest BCUT2D eigenvalue weighted by atomic mass is 10.1. The summed E-state index contributed by atoms with van der Waals surface area (Å²) in [5.41, 5.74) is 0. The number of ether oxygens (including phenoxy) is 1. The van der Waals surface area contributed by atoms with Gasteiger partial charge in [-0.25, -0.2) is 4.98 Å². The highest BCUT2D eigenvalue weighted by Gasteiger charge is 2.32. The standard InChI is InChI=1S/C12H23N5O3S/c1-8(2)11(12-13-10(4)14-15-12)16-21(18,19)17-5-6-20-9(3)7-17/h8-9,11,16H,5-7H2,1-4H3,(H,13,14,15)/t9-,11-/m1/s1. The number of nitrogens with zero attached hydrogens (tertiary/aromatic N) is 3. The van der Waals surface area contributed by atoms with E-state index in [1.54, 1.807) is 6.92 Å². The highest BCUT2D eigenvalue weighted by atomic mass is 32.2. The predicted octanol–water partition coefficient (Wildman–Crippen LogP) is 0.365. The maximum Gasteiger partial charge on any atom is 0.280 e. The van der Waals surface area contributed by atoms with Gasteiger partial charge in [0.05, 0.1) is 18.8 Å². The number of hydrogen-bond donors (Lipinski definition) is 2. The van der Waals surface area contributed by atoms with Crippen LogP contribution in [0.4, 0.5) is 0 Å². The van der Waals surface area contributed by atoms with Gasteiger partial charge in [-0.1, -0.05) is 13.8 Å². The summed E-state index contributed by atoms with van der Waals surface area (Å²) in [5, 5.41) is 6.82. The van der Waals surface area contributed by atoms with Crippen LogP contribution >= 0.6 is 0 Å². The molecule has 120 valence electrons. The summed E-state index contributed by atoms with van der Waals surface area (Å²) in [6.45, 7) is 8.63. The second-order valence-corrected chi connectivity index (χ2v) is 7.37. The molecule has 0 bridgehead atoms. The molecule has 0 unspecified atom stereocenters. The van der Waals surface area contributed by atoms with Crippen molar-refractivity contribution in [3.05, 3.63) is 11.6 Å². The molecule has 2 atom stereocenters. The maximum absolute atomic E-state index is 12.5. The van der Waals surface area contributed by atoms with Crippen LogP contribution in [0.15, 0.2) is 0 Å². The van der Waals surface area contributed by atoms with Crippen molar-refractivity contribution in [1.29, 1.82) is 0 Å². The number of aromatic nitrogens is 3. The molecule has 0 spiro atoms. The van der Waals surface area contributed by atoms with E-state index < -0.39 is 16.3 Å². The van der Waals surface area contributed by atoms with Crippen LogP contribution in [0.2, 0.25) is 0 Å². The Bertz CT molecular complexity index is 571. The van der Waals surface area contributed by atoms with E-state index in [1.807, 2.05) is 20.8 Å². The summed E-state index contributed by atoms with van der Waals surface area (Å²) in [6.07, 6.45) is -0.0985. The molecule has 0 aliphatic carbocycles. The third-order valence-corrected chi connectivity index (χ3v) is 4.94. The van der Waals surface area contributed by atoms with Crippen LogP contribution < -0.4 is 4.72 Å². The van der Waals surface area contributed by atoms with Gasteiger partial charge in [-0.2, -0.15) is 22.5 Å². The van der Waals surface area contributed by atoms with E-state index in [4.69, 9.17) is 4.74 Å². The fourth-order valence-electron chi connectivity index (χ4n) is 2.23. The molecule has 0 radical (unpaired) electrons. The van der Waals surface area contributed by atoms with Crippen LogP contribution in [-0.2, 0) is 14.9 Å². The summed E-state index contributed by atoms with van der Waals surface area (Å²) in [7, 11) is -3.59. The van der Waals surface area contributed by atoms with E-state index in [9.17, 15) is 8.42 Å². The van der Waals surface area contributed by atoms with Gasteiger partial charge in [0.1, 0.15) is 5.82 Å². The largest absolute Gasteiger partial charge is 0.376 e. The number of aromatic amines is 1. The fraction of sp³-hybridized carbons (Fsp3) is 0.833. The Balaban J connectivity index is 2.15. The molecule has 1 aromatic rings. The first-order valence-corrected chi connectivity index (χ1v) is 8.51. The predicted molar refractivity (Wildman–Crippen MR) is 77.7 cm³/mol. The minimum absolute atomic E-state index is 0.0356. The van der Waals surface area contributed by atoms with Crippen LogP contribution in [0, 0.1) is 12.8 Å². The van der Waals surface area contributed by atoms with Crippen molar-refractivity contribution in [2.24, 2.45) is 5.92 Å². The first-order chi connectivity index (χ1) is 9.79. The van der Waals surface area contributed by atoms with Crippen molar-refractivity contribution in [1.82, 2.24) is 24.2 Å². The average molecular weight is 317 g/mol. The molecule has 2 N–H and O–H groups in total. The van der Waals surface area contributed by atoms with Crippen LogP contribution in [0.25, 0.3) is 0 Å². The zero-order chi connectivity index (χ0) is 15.6. The van der Waals surface area contributed by atoms with Crippen LogP contribution in [-0.4, -0.2) is 53.7 Å². The normalized spacial score (nSPS) is 22.6. The maximum atomic E-state index is 12.5. The molecule has 1 aliphatic heterocycles. The molecule has 1 aromatic heterocycles. The first kappa shape index (κ1) is 16.3. The molecule has 1 aliphatic rings. The van der Waals surface area contributed by atoms with Crippen LogP contribution in [0.1, 0.15) is 38.5 Å². The first-order valence-electron chi connectivity index (χ1n) is 7.07. The molecular formula is C12H23N5O3S. The lowest BCUT2D eigenvalue weighted by Gasteiger charge is -2.32. The van der Waals surface area contributed by atoms with Crippen molar-refractivity contribution >= 4 is 10.2 Å². The zero-order valence-electron chi connectivity index (χ0n) is 12.8. The molecule has 9 heteroatoms.